The van der Waals surface area contributed by atoms with E-state index >= 15 is 0 Å². The van der Waals surface area contributed by atoms with Gasteiger partial charge in [-0.3, -0.25) is 19.7 Å². The molecule has 1 aromatic carbocycles. The number of nitrogens with zero attached hydrogens (tertiary/aromatic N) is 2. The molecular formula is C12H10N2O5. The monoisotopic (exact) mass is 262 g/mol. The first-order chi connectivity index (χ1) is 9.04. The van der Waals surface area contributed by atoms with E-state index in [9.17, 15) is 19.7 Å². The Balaban J connectivity index is 2.39. The molecule has 1 aliphatic heterocycles. The highest BCUT2D eigenvalue weighted by molar-refractivity contribution is 6.28. The van der Waals surface area contributed by atoms with Crippen molar-refractivity contribution in [3.63, 3.8) is 0 Å². The number of ether oxygens (including phenoxy) is 1. The first kappa shape index (κ1) is 12.7. The number of hydrogen-bond acceptors (Lipinski definition) is 5. The zero-order valence-corrected chi connectivity index (χ0v) is 10.0. The molecule has 0 aliphatic carbocycles. The Hall–Kier alpha value is -2.70. The molecule has 1 aliphatic rings. The lowest BCUT2D eigenvalue weighted by Crippen LogP contribution is -2.28. The summed E-state index contributed by atoms with van der Waals surface area (Å²) in [7, 11) is 1.38. The van der Waals surface area contributed by atoms with Crippen molar-refractivity contribution < 1.29 is 19.2 Å². The standard InChI is InChI=1S/C12H10N2O5/c1-19-7-8-5-11(15)13(12(8)16)9-3-2-4-10(6-9)14(17)18/h2-4,6-7H,5H2,1H3/b8-7-. The smallest absolute Gasteiger partial charge is 0.271 e. The molecule has 0 N–H and O–H groups in total. The van der Waals surface area contributed by atoms with Gasteiger partial charge in [0.25, 0.3) is 11.6 Å². The van der Waals surface area contributed by atoms with Crippen molar-refractivity contribution in [3.05, 3.63) is 46.2 Å². The summed E-state index contributed by atoms with van der Waals surface area (Å²) in [5.41, 5.74) is 0.227. The van der Waals surface area contributed by atoms with Gasteiger partial charge < -0.3 is 4.74 Å². The van der Waals surface area contributed by atoms with Crippen LogP contribution in [0.25, 0.3) is 0 Å². The largest absolute Gasteiger partial charge is 0.504 e. The van der Waals surface area contributed by atoms with Gasteiger partial charge in [0.05, 0.1) is 36.0 Å². The molecule has 0 atom stereocenters. The Bertz CT molecular complexity index is 594. The van der Waals surface area contributed by atoms with Gasteiger partial charge in [0, 0.05) is 12.1 Å². The summed E-state index contributed by atoms with van der Waals surface area (Å²) >= 11 is 0. The van der Waals surface area contributed by atoms with Crippen molar-refractivity contribution in [2.45, 2.75) is 6.42 Å². The number of benzene rings is 1. The molecule has 0 spiro atoms. The van der Waals surface area contributed by atoms with Gasteiger partial charge in [-0.05, 0) is 6.07 Å². The lowest BCUT2D eigenvalue weighted by Gasteiger charge is -2.12. The van der Waals surface area contributed by atoms with Crippen molar-refractivity contribution >= 4 is 23.2 Å². The molecule has 1 fully saturated rings. The Kier molecular flexibility index (Phi) is 3.28. The fourth-order valence-corrected chi connectivity index (χ4v) is 1.82. The average Bonchev–Trinajstić information content (AvgIpc) is 2.65. The lowest BCUT2D eigenvalue weighted by molar-refractivity contribution is -0.384. The number of non-ortho nitro benzene ring substituents is 1. The van der Waals surface area contributed by atoms with Gasteiger partial charge in [0.15, 0.2) is 0 Å². The number of carbonyl (C=O) groups is 2. The van der Waals surface area contributed by atoms with E-state index in [1.165, 1.54) is 37.6 Å². The van der Waals surface area contributed by atoms with Gasteiger partial charge in [0.1, 0.15) is 0 Å². The number of rotatable bonds is 3. The van der Waals surface area contributed by atoms with Gasteiger partial charge in [0.2, 0.25) is 5.91 Å². The summed E-state index contributed by atoms with van der Waals surface area (Å²) in [6.45, 7) is 0. The SMILES string of the molecule is CO/C=C1/CC(=O)N(c2cccc([N+](=O)[O-])c2)C1=O. The molecule has 0 saturated carbocycles. The third-order valence-corrected chi connectivity index (χ3v) is 2.63. The van der Waals surface area contributed by atoms with E-state index in [2.05, 4.69) is 0 Å². The molecule has 2 rings (SSSR count). The van der Waals surface area contributed by atoms with Crippen LogP contribution in [-0.4, -0.2) is 23.8 Å². The molecule has 19 heavy (non-hydrogen) atoms. The van der Waals surface area contributed by atoms with Crippen molar-refractivity contribution in [2.75, 3.05) is 12.0 Å². The first-order valence-corrected chi connectivity index (χ1v) is 5.38. The summed E-state index contributed by atoms with van der Waals surface area (Å²) in [6, 6.07) is 5.37. The van der Waals surface area contributed by atoms with E-state index in [0.29, 0.717) is 0 Å². The minimum atomic E-state index is -0.583. The van der Waals surface area contributed by atoms with Crippen molar-refractivity contribution in [2.24, 2.45) is 0 Å². The third kappa shape index (κ3) is 2.30. The molecule has 0 radical (unpaired) electrons. The molecule has 1 heterocycles. The van der Waals surface area contributed by atoms with Gasteiger partial charge in [-0.15, -0.1) is 0 Å². The van der Waals surface area contributed by atoms with Crippen LogP contribution in [0.2, 0.25) is 0 Å². The molecule has 2 amide bonds. The van der Waals surface area contributed by atoms with Crippen molar-refractivity contribution in [3.8, 4) is 0 Å². The highest BCUT2D eigenvalue weighted by atomic mass is 16.6. The minimum absolute atomic E-state index is 0.0740. The maximum atomic E-state index is 12.0. The predicted octanol–water partition coefficient (Wildman–Crippen LogP) is 1.39. The zero-order valence-electron chi connectivity index (χ0n) is 10.0. The number of hydrogen-bond donors (Lipinski definition) is 0. The number of methoxy groups -OCH3 is 1. The molecular weight excluding hydrogens is 252 g/mol. The number of anilines is 1. The van der Waals surface area contributed by atoms with Crippen LogP contribution in [0.15, 0.2) is 36.1 Å². The quantitative estimate of drug-likeness (QED) is 0.270. The normalized spacial score (nSPS) is 17.1. The van der Waals surface area contributed by atoms with E-state index < -0.39 is 16.7 Å². The van der Waals surface area contributed by atoms with Crippen LogP contribution < -0.4 is 4.90 Å². The van der Waals surface area contributed by atoms with Gasteiger partial charge in [-0.1, -0.05) is 6.07 Å². The molecule has 0 unspecified atom stereocenters. The fourth-order valence-electron chi connectivity index (χ4n) is 1.82. The Labute approximate surface area is 108 Å². The Morgan fingerprint density at radius 1 is 1.42 bits per heavy atom. The highest BCUT2D eigenvalue weighted by Crippen LogP contribution is 2.28. The maximum absolute atomic E-state index is 12.0. The molecule has 0 aromatic heterocycles. The van der Waals surface area contributed by atoms with E-state index in [0.717, 1.165) is 4.90 Å². The second-order valence-corrected chi connectivity index (χ2v) is 3.87. The van der Waals surface area contributed by atoms with E-state index in [4.69, 9.17) is 4.74 Å². The van der Waals surface area contributed by atoms with Crippen LogP contribution in [0.5, 0.6) is 0 Å². The molecule has 1 saturated heterocycles. The molecule has 98 valence electrons. The lowest BCUT2D eigenvalue weighted by atomic mass is 10.2. The van der Waals surface area contributed by atoms with E-state index in [1.54, 1.807) is 0 Å². The molecule has 7 nitrogen and oxygen atoms in total. The number of amides is 2. The van der Waals surface area contributed by atoms with Gasteiger partial charge in [-0.25, -0.2) is 4.90 Å². The highest BCUT2D eigenvalue weighted by Gasteiger charge is 2.35. The van der Waals surface area contributed by atoms with Crippen LogP contribution in [0.3, 0.4) is 0 Å². The minimum Gasteiger partial charge on any atom is -0.504 e. The third-order valence-electron chi connectivity index (χ3n) is 2.63. The average molecular weight is 262 g/mol. The second kappa shape index (κ2) is 4.89. The van der Waals surface area contributed by atoms with Crippen LogP contribution in [0, 0.1) is 10.1 Å². The van der Waals surface area contributed by atoms with Crippen molar-refractivity contribution in [1.82, 2.24) is 0 Å². The van der Waals surface area contributed by atoms with Crippen LogP contribution in [0.1, 0.15) is 6.42 Å². The summed E-state index contributed by atoms with van der Waals surface area (Å²) in [5, 5.41) is 10.7. The number of nitro benzene ring substituents is 1. The first-order valence-electron chi connectivity index (χ1n) is 5.38. The number of carbonyl (C=O) groups excluding carboxylic acids is 2. The van der Waals surface area contributed by atoms with Gasteiger partial charge >= 0.3 is 0 Å². The van der Waals surface area contributed by atoms with Crippen LogP contribution in [-0.2, 0) is 14.3 Å². The molecule has 1 aromatic rings. The summed E-state index contributed by atoms with van der Waals surface area (Å²) in [5.74, 6) is -0.957. The molecule has 7 heteroatoms. The summed E-state index contributed by atoms with van der Waals surface area (Å²) in [6.07, 6.45) is 1.13. The zero-order chi connectivity index (χ0) is 14.0. The summed E-state index contributed by atoms with van der Waals surface area (Å²) in [4.78, 5) is 34.8. The summed E-state index contributed by atoms with van der Waals surface area (Å²) < 4.78 is 4.72. The fraction of sp³-hybridized carbons (Fsp3) is 0.167. The number of nitro groups is 1. The Morgan fingerprint density at radius 3 is 2.79 bits per heavy atom. The second-order valence-electron chi connectivity index (χ2n) is 3.87. The van der Waals surface area contributed by atoms with Crippen LogP contribution >= 0.6 is 0 Å². The van der Waals surface area contributed by atoms with Crippen LogP contribution in [0.4, 0.5) is 11.4 Å². The number of imide groups is 1. The predicted molar refractivity (Wildman–Crippen MR) is 65.3 cm³/mol. The van der Waals surface area contributed by atoms with E-state index in [1.807, 2.05) is 0 Å². The molecule has 0 bridgehead atoms. The van der Waals surface area contributed by atoms with E-state index in [-0.39, 0.29) is 23.4 Å². The van der Waals surface area contributed by atoms with Crippen molar-refractivity contribution in [1.29, 1.82) is 0 Å². The van der Waals surface area contributed by atoms with Gasteiger partial charge in [-0.2, -0.15) is 0 Å². The topological polar surface area (TPSA) is 89.8 Å². The maximum Gasteiger partial charge on any atom is 0.271 e. The Morgan fingerprint density at radius 2 is 2.16 bits per heavy atom.